The second-order valence-electron chi connectivity index (χ2n) is 3.93. The third-order valence-corrected chi connectivity index (χ3v) is 2.90. The predicted molar refractivity (Wildman–Crippen MR) is 68.8 cm³/mol. The average molecular weight is 232 g/mol. The van der Waals surface area contributed by atoms with Crippen molar-refractivity contribution in [1.82, 2.24) is 9.97 Å². The van der Waals surface area contributed by atoms with Crippen LogP contribution in [-0.4, -0.2) is 9.97 Å². The van der Waals surface area contributed by atoms with Crippen molar-refractivity contribution in [2.75, 3.05) is 0 Å². The first-order valence-electron chi connectivity index (χ1n) is 5.44. The number of nitriles is 2. The van der Waals surface area contributed by atoms with Gasteiger partial charge in [-0.05, 0) is 17.5 Å². The van der Waals surface area contributed by atoms with Crippen LogP contribution in [0, 0.1) is 22.7 Å². The van der Waals surface area contributed by atoms with Crippen LogP contribution >= 0.6 is 0 Å². The van der Waals surface area contributed by atoms with Crippen LogP contribution < -0.4 is 5.48 Å². The Bertz CT molecular complexity index is 829. The van der Waals surface area contributed by atoms with E-state index in [0.717, 1.165) is 21.8 Å². The van der Waals surface area contributed by atoms with E-state index in [1.54, 1.807) is 0 Å². The third-order valence-electron chi connectivity index (χ3n) is 2.90. The van der Waals surface area contributed by atoms with Gasteiger partial charge in [-0.1, -0.05) is 24.3 Å². The molecule has 1 aromatic heterocycles. The lowest BCUT2D eigenvalue weighted by Crippen LogP contribution is -2.15. The molecule has 0 aliphatic heterocycles. The summed E-state index contributed by atoms with van der Waals surface area (Å²) in [6, 6.07) is 15.5. The van der Waals surface area contributed by atoms with Gasteiger partial charge >= 0.3 is 0 Å². The fourth-order valence-corrected chi connectivity index (χ4v) is 2.11. The first-order chi connectivity index (χ1) is 8.83. The van der Waals surface area contributed by atoms with E-state index in [0.29, 0.717) is 5.48 Å². The van der Waals surface area contributed by atoms with Gasteiger partial charge < -0.3 is 9.97 Å². The molecule has 0 atom stereocenters. The number of aromatic amines is 2. The predicted octanol–water partition coefficient (Wildman–Crippen LogP) is 2.13. The third kappa shape index (κ3) is 1.37. The van der Waals surface area contributed by atoms with Gasteiger partial charge in [-0.15, -0.1) is 0 Å². The van der Waals surface area contributed by atoms with Gasteiger partial charge in [-0.25, -0.2) is 0 Å². The highest BCUT2D eigenvalue weighted by Crippen LogP contribution is 2.21. The number of benzene rings is 2. The second kappa shape index (κ2) is 3.80. The van der Waals surface area contributed by atoms with E-state index in [4.69, 9.17) is 10.5 Å². The molecule has 0 unspecified atom stereocenters. The van der Waals surface area contributed by atoms with Crippen molar-refractivity contribution in [1.29, 1.82) is 10.5 Å². The topological polar surface area (TPSA) is 79.2 Å². The standard InChI is InChI=1S/C14H8N4/c15-7-10(8-16)14-17-11-5-1-3-9-4-2-6-12(18-14)13(9)11/h1-6,17-18H. The van der Waals surface area contributed by atoms with Gasteiger partial charge in [0.05, 0.1) is 0 Å². The normalized spacial score (nSPS) is 10.1. The number of aromatic nitrogens is 2. The molecule has 0 bridgehead atoms. The summed E-state index contributed by atoms with van der Waals surface area (Å²) in [5.74, 6) is 0. The largest absolute Gasteiger partial charge is 0.340 e. The lowest BCUT2D eigenvalue weighted by atomic mass is 10.1. The van der Waals surface area contributed by atoms with E-state index in [1.165, 1.54) is 0 Å². The molecule has 0 saturated carbocycles. The molecule has 0 saturated heterocycles. The summed E-state index contributed by atoms with van der Waals surface area (Å²) in [7, 11) is 0. The summed E-state index contributed by atoms with van der Waals surface area (Å²) in [5.41, 5.74) is 2.28. The lowest BCUT2D eigenvalue weighted by molar-refractivity contribution is 1.16. The highest BCUT2D eigenvalue weighted by Gasteiger charge is 2.03. The van der Waals surface area contributed by atoms with Crippen LogP contribution in [0.3, 0.4) is 0 Å². The van der Waals surface area contributed by atoms with Gasteiger partial charge in [0, 0.05) is 16.4 Å². The molecule has 2 N–H and O–H groups in total. The molecule has 4 nitrogen and oxygen atoms in total. The van der Waals surface area contributed by atoms with Gasteiger partial charge in [-0.2, -0.15) is 10.5 Å². The summed E-state index contributed by atoms with van der Waals surface area (Å²) in [6.45, 7) is 0. The van der Waals surface area contributed by atoms with Crippen molar-refractivity contribution >= 4 is 27.4 Å². The van der Waals surface area contributed by atoms with Crippen molar-refractivity contribution in [3.05, 3.63) is 41.9 Å². The zero-order chi connectivity index (χ0) is 12.5. The van der Waals surface area contributed by atoms with Gasteiger partial charge in [0.25, 0.3) is 0 Å². The SMILES string of the molecule is N#CC(C#N)=c1[nH]c2cccc3cccc([nH]1)c32. The van der Waals surface area contributed by atoms with Gasteiger partial charge in [0.2, 0.25) is 0 Å². The zero-order valence-corrected chi connectivity index (χ0v) is 9.36. The molecule has 0 radical (unpaired) electrons. The van der Waals surface area contributed by atoms with E-state index in [2.05, 4.69) is 9.97 Å². The van der Waals surface area contributed by atoms with Crippen molar-refractivity contribution in [3.8, 4) is 12.1 Å². The van der Waals surface area contributed by atoms with Crippen LogP contribution in [0.25, 0.3) is 27.4 Å². The van der Waals surface area contributed by atoms with Crippen molar-refractivity contribution in [3.63, 3.8) is 0 Å². The van der Waals surface area contributed by atoms with E-state index in [1.807, 2.05) is 48.5 Å². The molecule has 3 rings (SSSR count). The molecule has 2 aromatic carbocycles. The Morgan fingerprint density at radius 2 is 1.44 bits per heavy atom. The smallest absolute Gasteiger partial charge is 0.170 e. The molecular formula is C14H8N4. The minimum atomic E-state index is 0.0431. The maximum absolute atomic E-state index is 8.91. The molecule has 84 valence electrons. The van der Waals surface area contributed by atoms with Gasteiger partial charge in [-0.3, -0.25) is 0 Å². The molecule has 0 amide bonds. The molecule has 3 aromatic rings. The molecule has 0 spiro atoms. The Balaban J connectivity index is 2.61. The van der Waals surface area contributed by atoms with Crippen LogP contribution in [0.2, 0.25) is 0 Å². The Hall–Kier alpha value is -2.98. The number of hydrogen-bond donors (Lipinski definition) is 2. The average Bonchev–Trinajstić information content (AvgIpc) is 2.41. The number of nitrogens with one attached hydrogen (secondary N) is 2. The Morgan fingerprint density at radius 3 is 1.94 bits per heavy atom. The summed E-state index contributed by atoms with van der Waals surface area (Å²) in [6.07, 6.45) is 0. The van der Waals surface area contributed by atoms with Crippen LogP contribution in [0.5, 0.6) is 0 Å². The van der Waals surface area contributed by atoms with Gasteiger partial charge in [0.15, 0.2) is 5.57 Å². The molecular weight excluding hydrogens is 224 g/mol. The van der Waals surface area contributed by atoms with Crippen molar-refractivity contribution < 1.29 is 0 Å². The van der Waals surface area contributed by atoms with Crippen LogP contribution in [-0.2, 0) is 0 Å². The van der Waals surface area contributed by atoms with Crippen molar-refractivity contribution in [2.24, 2.45) is 0 Å². The van der Waals surface area contributed by atoms with Crippen LogP contribution in [0.15, 0.2) is 36.4 Å². The molecule has 4 heteroatoms. The summed E-state index contributed by atoms with van der Waals surface area (Å²) in [4.78, 5) is 6.17. The summed E-state index contributed by atoms with van der Waals surface area (Å²) in [5, 5.41) is 20.0. The monoisotopic (exact) mass is 232 g/mol. The fraction of sp³-hybridized carbons (Fsp3) is 0. The molecule has 1 heterocycles. The minimum absolute atomic E-state index is 0.0431. The van der Waals surface area contributed by atoms with E-state index in [9.17, 15) is 0 Å². The second-order valence-corrected chi connectivity index (χ2v) is 3.93. The van der Waals surface area contributed by atoms with Gasteiger partial charge in [0.1, 0.15) is 17.6 Å². The number of nitrogens with zero attached hydrogens (tertiary/aromatic N) is 2. The molecule has 0 fully saturated rings. The van der Waals surface area contributed by atoms with Crippen molar-refractivity contribution in [2.45, 2.75) is 0 Å². The highest BCUT2D eigenvalue weighted by atomic mass is 14.9. The zero-order valence-electron chi connectivity index (χ0n) is 9.36. The molecule has 0 aliphatic carbocycles. The first kappa shape index (κ1) is 10.2. The summed E-state index contributed by atoms with van der Waals surface area (Å²) >= 11 is 0. The Labute approximate surface area is 102 Å². The van der Waals surface area contributed by atoms with Crippen LogP contribution in [0.4, 0.5) is 0 Å². The number of H-pyrrole nitrogens is 2. The maximum atomic E-state index is 8.91. The molecule has 18 heavy (non-hydrogen) atoms. The maximum Gasteiger partial charge on any atom is 0.170 e. The lowest BCUT2D eigenvalue weighted by Gasteiger charge is -2.05. The first-order valence-corrected chi connectivity index (χ1v) is 5.44. The minimum Gasteiger partial charge on any atom is -0.340 e. The van der Waals surface area contributed by atoms with Crippen LogP contribution in [0.1, 0.15) is 0 Å². The van der Waals surface area contributed by atoms with E-state index < -0.39 is 0 Å². The quantitative estimate of drug-likeness (QED) is 0.622. The summed E-state index contributed by atoms with van der Waals surface area (Å²) < 4.78 is 0. The fourth-order valence-electron chi connectivity index (χ4n) is 2.11. The number of rotatable bonds is 0. The molecule has 0 aliphatic rings. The highest BCUT2D eigenvalue weighted by molar-refractivity contribution is 6.06. The van der Waals surface area contributed by atoms with E-state index in [-0.39, 0.29) is 5.57 Å². The Kier molecular flexibility index (Phi) is 2.15. The van der Waals surface area contributed by atoms with E-state index >= 15 is 0 Å². The Morgan fingerprint density at radius 1 is 0.889 bits per heavy atom. The number of hydrogen-bond acceptors (Lipinski definition) is 2.